The maximum absolute atomic E-state index is 7.02. The molecule has 0 saturated heterocycles. The van der Waals surface area contributed by atoms with Crippen LogP contribution < -0.4 is 0 Å². The van der Waals surface area contributed by atoms with Gasteiger partial charge in [0.2, 0.25) is 0 Å². The smallest absolute Gasteiger partial charge is 0.164 e. The van der Waals surface area contributed by atoms with E-state index in [1.165, 1.54) is 16.2 Å². The van der Waals surface area contributed by atoms with Gasteiger partial charge in [0.05, 0.1) is 16.7 Å². The Labute approximate surface area is 310 Å². The van der Waals surface area contributed by atoms with Crippen LogP contribution in [0, 0.1) is 0 Å². The highest BCUT2D eigenvalue weighted by molar-refractivity contribution is 6.20. The Bertz CT molecular complexity index is 3160. The van der Waals surface area contributed by atoms with Crippen molar-refractivity contribution in [1.29, 1.82) is 0 Å². The van der Waals surface area contributed by atoms with Crippen LogP contribution in [0.1, 0.15) is 0 Å². The molecule has 54 heavy (non-hydrogen) atoms. The summed E-state index contributed by atoms with van der Waals surface area (Å²) in [5.41, 5.74) is 9.70. The number of rotatable bonds is 5. The minimum absolute atomic E-state index is 0.585. The van der Waals surface area contributed by atoms with Gasteiger partial charge in [-0.3, -0.25) is 0 Å². The molecule has 0 atom stereocenters. The molecule has 3 aromatic heterocycles. The van der Waals surface area contributed by atoms with Crippen LogP contribution in [0.3, 0.4) is 0 Å². The number of aromatic nitrogens is 4. The molecular weight excluding hydrogens is 661 g/mol. The molecule has 0 bridgehead atoms. The third-order valence-corrected chi connectivity index (χ3v) is 10.4. The Morgan fingerprint density at radius 3 is 1.74 bits per heavy atom. The van der Waals surface area contributed by atoms with E-state index >= 15 is 0 Å². The first kappa shape index (κ1) is 30.3. The second-order valence-electron chi connectivity index (χ2n) is 13.6. The second kappa shape index (κ2) is 12.1. The zero-order valence-corrected chi connectivity index (χ0v) is 29.0. The van der Waals surface area contributed by atoms with Crippen LogP contribution in [0.2, 0.25) is 0 Å². The number of hydrogen-bond donors (Lipinski definition) is 0. The highest BCUT2D eigenvalue weighted by atomic mass is 16.3. The van der Waals surface area contributed by atoms with Crippen molar-refractivity contribution >= 4 is 54.5 Å². The van der Waals surface area contributed by atoms with E-state index in [0.29, 0.717) is 17.5 Å². The largest absolute Gasteiger partial charge is 0.454 e. The molecule has 0 unspecified atom stereocenters. The van der Waals surface area contributed by atoms with Crippen molar-refractivity contribution in [2.75, 3.05) is 0 Å². The van der Waals surface area contributed by atoms with Gasteiger partial charge in [0.15, 0.2) is 23.1 Å². The van der Waals surface area contributed by atoms with Gasteiger partial charge < -0.3 is 8.98 Å². The lowest BCUT2D eigenvalue weighted by molar-refractivity contribution is 0.666. The zero-order valence-electron chi connectivity index (χ0n) is 29.0. The van der Waals surface area contributed by atoms with Gasteiger partial charge in [-0.15, -0.1) is 0 Å². The van der Waals surface area contributed by atoms with Gasteiger partial charge in [0.1, 0.15) is 5.58 Å². The molecule has 5 heteroatoms. The molecular formula is C49H30N4O. The molecule has 3 heterocycles. The van der Waals surface area contributed by atoms with Crippen molar-refractivity contribution in [3.05, 3.63) is 182 Å². The van der Waals surface area contributed by atoms with Crippen LogP contribution in [0.15, 0.2) is 186 Å². The Kier molecular flexibility index (Phi) is 6.79. The summed E-state index contributed by atoms with van der Waals surface area (Å²) in [6, 6.07) is 63.2. The molecule has 252 valence electrons. The van der Waals surface area contributed by atoms with Crippen molar-refractivity contribution in [1.82, 2.24) is 19.5 Å². The minimum Gasteiger partial charge on any atom is -0.454 e. The van der Waals surface area contributed by atoms with Gasteiger partial charge in [0.25, 0.3) is 0 Å². The number of nitrogens with zero attached hydrogens (tertiary/aromatic N) is 4. The van der Waals surface area contributed by atoms with Crippen LogP contribution in [-0.4, -0.2) is 19.5 Å². The Morgan fingerprint density at radius 2 is 1.00 bits per heavy atom. The number of furan rings is 1. The molecule has 0 aliphatic heterocycles. The van der Waals surface area contributed by atoms with E-state index in [0.717, 1.165) is 71.9 Å². The summed E-state index contributed by atoms with van der Waals surface area (Å²) >= 11 is 0. The lowest BCUT2D eigenvalue weighted by Gasteiger charge is -2.12. The van der Waals surface area contributed by atoms with Crippen LogP contribution in [-0.2, 0) is 0 Å². The highest BCUT2D eigenvalue weighted by Crippen LogP contribution is 2.45. The molecule has 8 aromatic carbocycles. The number of para-hydroxylation sites is 2. The summed E-state index contributed by atoms with van der Waals surface area (Å²) in [7, 11) is 0. The van der Waals surface area contributed by atoms with E-state index in [2.05, 4.69) is 144 Å². The standard InChI is InChI=1S/C49H30N4O/c1-3-15-32(16-4-1)36-28-29-42(53-40-23-11-9-20-37(40)38-21-10-12-24-41(38)53)46-45(36)44-39(22-13-25-43(44)54-46)49-51-47(33-17-5-2-6-18-33)50-48(52-49)35-27-26-31-14-7-8-19-34(31)30-35/h1-30H. The lowest BCUT2D eigenvalue weighted by atomic mass is 9.96. The molecule has 0 aliphatic rings. The van der Waals surface area contributed by atoms with Crippen molar-refractivity contribution in [3.8, 4) is 51.0 Å². The molecule has 5 nitrogen and oxygen atoms in total. The second-order valence-corrected chi connectivity index (χ2v) is 13.6. The number of benzene rings is 8. The molecule has 0 N–H and O–H groups in total. The average Bonchev–Trinajstić information content (AvgIpc) is 3.80. The Balaban J connectivity index is 1.23. The summed E-state index contributed by atoms with van der Waals surface area (Å²) in [5, 5.41) is 6.67. The molecule has 0 spiro atoms. The van der Waals surface area contributed by atoms with Crippen molar-refractivity contribution in [2.24, 2.45) is 0 Å². The normalized spacial score (nSPS) is 11.7. The number of hydrogen-bond acceptors (Lipinski definition) is 4. The van der Waals surface area contributed by atoms with E-state index in [1.807, 2.05) is 42.5 Å². The maximum atomic E-state index is 7.02. The fraction of sp³-hybridized carbons (Fsp3) is 0. The molecule has 0 aliphatic carbocycles. The summed E-state index contributed by atoms with van der Waals surface area (Å²) in [5.74, 6) is 1.81. The van der Waals surface area contributed by atoms with Gasteiger partial charge in [-0.05, 0) is 52.2 Å². The van der Waals surface area contributed by atoms with E-state index in [4.69, 9.17) is 19.4 Å². The van der Waals surface area contributed by atoms with Gasteiger partial charge in [-0.25, -0.2) is 15.0 Å². The van der Waals surface area contributed by atoms with Gasteiger partial charge in [-0.1, -0.05) is 152 Å². The fourth-order valence-corrected chi connectivity index (χ4v) is 7.98. The monoisotopic (exact) mass is 690 g/mol. The van der Waals surface area contributed by atoms with E-state index in [9.17, 15) is 0 Å². The first-order valence-electron chi connectivity index (χ1n) is 18.1. The SMILES string of the molecule is c1ccc(-c2nc(-c3ccc4ccccc4c3)nc(-c3cccc4oc5c(-n6c7ccccc7c7ccccc76)ccc(-c6ccccc6)c5c34)n2)cc1. The van der Waals surface area contributed by atoms with Crippen molar-refractivity contribution in [2.45, 2.75) is 0 Å². The molecule has 0 amide bonds. The molecule has 11 rings (SSSR count). The maximum Gasteiger partial charge on any atom is 0.164 e. The summed E-state index contributed by atoms with van der Waals surface area (Å²) in [6.07, 6.45) is 0. The molecule has 0 radical (unpaired) electrons. The Hall–Kier alpha value is -7.37. The van der Waals surface area contributed by atoms with Crippen molar-refractivity contribution < 1.29 is 4.42 Å². The van der Waals surface area contributed by atoms with Crippen molar-refractivity contribution in [3.63, 3.8) is 0 Å². The first-order chi connectivity index (χ1) is 26.8. The summed E-state index contributed by atoms with van der Waals surface area (Å²) in [6.45, 7) is 0. The van der Waals surface area contributed by atoms with Gasteiger partial charge >= 0.3 is 0 Å². The third-order valence-electron chi connectivity index (χ3n) is 10.4. The van der Waals surface area contributed by atoms with Crippen LogP contribution in [0.25, 0.3) is 105 Å². The lowest BCUT2D eigenvalue weighted by Crippen LogP contribution is -2.00. The highest BCUT2D eigenvalue weighted by Gasteiger charge is 2.24. The van der Waals surface area contributed by atoms with E-state index in [1.54, 1.807) is 0 Å². The minimum atomic E-state index is 0.585. The average molecular weight is 691 g/mol. The molecule has 0 fully saturated rings. The first-order valence-corrected chi connectivity index (χ1v) is 18.1. The quantitative estimate of drug-likeness (QED) is 0.180. The molecule has 0 saturated carbocycles. The van der Waals surface area contributed by atoms with Crippen LogP contribution in [0.4, 0.5) is 0 Å². The van der Waals surface area contributed by atoms with Gasteiger partial charge in [0, 0.05) is 38.2 Å². The van der Waals surface area contributed by atoms with Gasteiger partial charge in [-0.2, -0.15) is 0 Å². The Morgan fingerprint density at radius 1 is 0.389 bits per heavy atom. The fourth-order valence-electron chi connectivity index (χ4n) is 7.98. The van der Waals surface area contributed by atoms with Crippen LogP contribution in [0.5, 0.6) is 0 Å². The molecule has 11 aromatic rings. The van der Waals surface area contributed by atoms with Crippen LogP contribution >= 0.6 is 0 Å². The summed E-state index contributed by atoms with van der Waals surface area (Å²) in [4.78, 5) is 15.5. The zero-order chi connectivity index (χ0) is 35.6. The topological polar surface area (TPSA) is 56.7 Å². The van der Waals surface area contributed by atoms with E-state index < -0.39 is 0 Å². The summed E-state index contributed by atoms with van der Waals surface area (Å²) < 4.78 is 9.35. The number of fused-ring (bicyclic) bond motifs is 7. The predicted octanol–water partition coefficient (Wildman–Crippen LogP) is 12.7. The van der Waals surface area contributed by atoms with E-state index in [-0.39, 0.29) is 0 Å². The predicted molar refractivity (Wildman–Crippen MR) is 221 cm³/mol. The third kappa shape index (κ3) is 4.76.